The van der Waals surface area contributed by atoms with Crippen molar-refractivity contribution in [3.8, 4) is 0 Å². The first-order chi connectivity index (χ1) is 8.15. The van der Waals surface area contributed by atoms with Crippen LogP contribution in [-0.2, 0) is 6.54 Å². The fourth-order valence-corrected chi connectivity index (χ4v) is 2.32. The second kappa shape index (κ2) is 5.49. The Bertz CT molecular complexity index is 377. The molecule has 1 aliphatic rings. The van der Waals surface area contributed by atoms with Crippen molar-refractivity contribution in [2.24, 2.45) is 0 Å². The fraction of sp³-hybridized carbons (Fsp3) is 0.667. The highest BCUT2D eigenvalue weighted by atomic mass is 32.1. The summed E-state index contributed by atoms with van der Waals surface area (Å²) in [5.74, 6) is 1.56. The van der Waals surface area contributed by atoms with Gasteiger partial charge < -0.3 is 15.1 Å². The van der Waals surface area contributed by atoms with Gasteiger partial charge in [-0.15, -0.1) is 0 Å². The van der Waals surface area contributed by atoms with E-state index in [1.165, 1.54) is 25.7 Å². The zero-order valence-electron chi connectivity index (χ0n) is 10.4. The van der Waals surface area contributed by atoms with Crippen molar-refractivity contribution < 1.29 is 4.42 Å². The SMILES string of the molecule is Cc1nc(CNC(=S)NC2CCCC2)oc1C. The Morgan fingerprint density at radius 3 is 2.71 bits per heavy atom. The number of oxazole rings is 1. The minimum atomic E-state index is 0.544. The van der Waals surface area contributed by atoms with Crippen LogP contribution in [0.2, 0.25) is 0 Å². The molecule has 94 valence electrons. The third-order valence-electron chi connectivity index (χ3n) is 3.16. The van der Waals surface area contributed by atoms with Gasteiger partial charge in [-0.2, -0.15) is 0 Å². The molecule has 0 amide bonds. The number of nitrogens with zero attached hydrogens (tertiary/aromatic N) is 1. The number of hydrogen-bond donors (Lipinski definition) is 2. The van der Waals surface area contributed by atoms with Crippen LogP contribution in [0.5, 0.6) is 0 Å². The van der Waals surface area contributed by atoms with Gasteiger partial charge in [0.05, 0.1) is 12.2 Å². The molecule has 1 aliphatic carbocycles. The third-order valence-corrected chi connectivity index (χ3v) is 3.43. The average Bonchev–Trinajstić information content (AvgIpc) is 2.87. The van der Waals surface area contributed by atoms with E-state index in [-0.39, 0.29) is 0 Å². The first kappa shape index (κ1) is 12.4. The molecule has 0 unspecified atom stereocenters. The van der Waals surface area contributed by atoms with Gasteiger partial charge >= 0.3 is 0 Å². The van der Waals surface area contributed by atoms with Gasteiger partial charge in [-0.1, -0.05) is 12.8 Å². The van der Waals surface area contributed by atoms with Crippen LogP contribution in [0.4, 0.5) is 0 Å². The van der Waals surface area contributed by atoms with Gasteiger partial charge in [-0.25, -0.2) is 4.98 Å². The molecule has 0 aliphatic heterocycles. The van der Waals surface area contributed by atoms with Crippen molar-refractivity contribution in [3.05, 3.63) is 17.3 Å². The summed E-state index contributed by atoms with van der Waals surface area (Å²) in [6.07, 6.45) is 5.05. The number of rotatable bonds is 3. The van der Waals surface area contributed by atoms with Gasteiger partial charge in [0, 0.05) is 6.04 Å². The van der Waals surface area contributed by atoms with E-state index in [0.717, 1.165) is 11.5 Å². The Morgan fingerprint density at radius 2 is 2.12 bits per heavy atom. The lowest BCUT2D eigenvalue weighted by atomic mass is 10.3. The van der Waals surface area contributed by atoms with Crippen LogP contribution in [0, 0.1) is 13.8 Å². The minimum Gasteiger partial charge on any atom is -0.444 e. The number of aromatic nitrogens is 1. The van der Waals surface area contributed by atoms with Crippen LogP contribution in [0.15, 0.2) is 4.42 Å². The van der Waals surface area contributed by atoms with Crippen molar-refractivity contribution in [1.82, 2.24) is 15.6 Å². The summed E-state index contributed by atoms with van der Waals surface area (Å²) in [4.78, 5) is 4.30. The molecule has 0 atom stereocenters. The molecule has 1 saturated carbocycles. The first-order valence-corrected chi connectivity index (χ1v) is 6.53. The summed E-state index contributed by atoms with van der Waals surface area (Å²) in [6.45, 7) is 4.41. The molecule has 4 nitrogen and oxygen atoms in total. The molecule has 1 aromatic rings. The Morgan fingerprint density at radius 1 is 1.41 bits per heavy atom. The Hall–Kier alpha value is -1.10. The summed E-state index contributed by atoms with van der Waals surface area (Å²) in [6, 6.07) is 0.544. The van der Waals surface area contributed by atoms with Crippen molar-refractivity contribution in [3.63, 3.8) is 0 Å². The van der Waals surface area contributed by atoms with Crippen LogP contribution in [0.3, 0.4) is 0 Å². The topological polar surface area (TPSA) is 50.1 Å². The second-order valence-corrected chi connectivity index (χ2v) is 4.97. The molecule has 1 aromatic heterocycles. The first-order valence-electron chi connectivity index (χ1n) is 6.12. The normalized spacial score (nSPS) is 16.1. The maximum absolute atomic E-state index is 5.47. The van der Waals surface area contributed by atoms with Gasteiger partial charge in [0.2, 0.25) is 5.89 Å². The monoisotopic (exact) mass is 253 g/mol. The summed E-state index contributed by atoms with van der Waals surface area (Å²) >= 11 is 5.24. The molecule has 0 bridgehead atoms. The van der Waals surface area contributed by atoms with Crippen LogP contribution < -0.4 is 10.6 Å². The summed E-state index contributed by atoms with van der Waals surface area (Å²) < 4.78 is 5.47. The smallest absolute Gasteiger partial charge is 0.214 e. The van der Waals surface area contributed by atoms with E-state index >= 15 is 0 Å². The van der Waals surface area contributed by atoms with Gasteiger partial charge in [-0.05, 0) is 38.9 Å². The molecule has 5 heteroatoms. The molecule has 1 fully saturated rings. The van der Waals surface area contributed by atoms with Crippen LogP contribution in [0.25, 0.3) is 0 Å². The minimum absolute atomic E-state index is 0.544. The van der Waals surface area contributed by atoms with E-state index in [9.17, 15) is 0 Å². The van der Waals surface area contributed by atoms with E-state index in [4.69, 9.17) is 16.6 Å². The molecule has 0 saturated heterocycles. The van der Waals surface area contributed by atoms with E-state index in [1.54, 1.807) is 0 Å². The lowest BCUT2D eigenvalue weighted by molar-refractivity contribution is 0.463. The highest BCUT2D eigenvalue weighted by Crippen LogP contribution is 2.17. The Kier molecular flexibility index (Phi) is 3.99. The van der Waals surface area contributed by atoms with Crippen LogP contribution >= 0.6 is 12.2 Å². The predicted octanol–water partition coefficient (Wildman–Crippen LogP) is 2.20. The Balaban J connectivity index is 1.75. The molecular formula is C12H19N3OS. The highest BCUT2D eigenvalue weighted by molar-refractivity contribution is 7.80. The van der Waals surface area contributed by atoms with E-state index in [1.807, 2.05) is 13.8 Å². The Labute approximate surface area is 107 Å². The fourth-order valence-electron chi connectivity index (χ4n) is 2.08. The number of aryl methyl sites for hydroxylation is 2. The lowest BCUT2D eigenvalue weighted by Gasteiger charge is -2.14. The molecule has 0 spiro atoms. The third kappa shape index (κ3) is 3.43. The maximum atomic E-state index is 5.47. The maximum Gasteiger partial charge on any atom is 0.214 e. The molecule has 2 rings (SSSR count). The number of thiocarbonyl (C=S) groups is 1. The summed E-state index contributed by atoms with van der Waals surface area (Å²) in [5, 5.41) is 7.15. The largest absolute Gasteiger partial charge is 0.444 e. The van der Waals surface area contributed by atoms with E-state index in [2.05, 4.69) is 15.6 Å². The molecule has 17 heavy (non-hydrogen) atoms. The standard InChI is InChI=1S/C12H19N3OS/c1-8-9(2)16-11(14-8)7-13-12(17)15-10-5-3-4-6-10/h10H,3-7H2,1-2H3,(H2,13,15,17). The van der Waals surface area contributed by atoms with Gasteiger partial charge in [0.15, 0.2) is 5.11 Å². The van der Waals surface area contributed by atoms with Gasteiger partial charge in [0.1, 0.15) is 5.76 Å². The van der Waals surface area contributed by atoms with E-state index in [0.29, 0.717) is 23.6 Å². The van der Waals surface area contributed by atoms with Crippen molar-refractivity contribution in [2.75, 3.05) is 0 Å². The van der Waals surface area contributed by atoms with Gasteiger partial charge in [-0.3, -0.25) is 0 Å². The van der Waals surface area contributed by atoms with Crippen molar-refractivity contribution in [2.45, 2.75) is 52.1 Å². The van der Waals surface area contributed by atoms with Crippen LogP contribution in [0.1, 0.15) is 43.0 Å². The molecular weight excluding hydrogens is 234 g/mol. The predicted molar refractivity (Wildman–Crippen MR) is 70.8 cm³/mol. The van der Waals surface area contributed by atoms with Crippen molar-refractivity contribution >= 4 is 17.3 Å². The molecule has 2 N–H and O–H groups in total. The molecule has 1 heterocycles. The zero-order valence-corrected chi connectivity index (χ0v) is 11.2. The van der Waals surface area contributed by atoms with Crippen LogP contribution in [-0.4, -0.2) is 16.1 Å². The number of hydrogen-bond acceptors (Lipinski definition) is 3. The molecule has 0 radical (unpaired) electrons. The highest BCUT2D eigenvalue weighted by Gasteiger charge is 2.15. The van der Waals surface area contributed by atoms with Gasteiger partial charge in [0.25, 0.3) is 0 Å². The quantitative estimate of drug-likeness (QED) is 0.809. The zero-order chi connectivity index (χ0) is 12.3. The summed E-state index contributed by atoms with van der Waals surface area (Å²) in [7, 11) is 0. The second-order valence-electron chi connectivity index (χ2n) is 4.56. The lowest BCUT2D eigenvalue weighted by Crippen LogP contribution is -2.40. The summed E-state index contributed by atoms with van der Waals surface area (Å²) in [5.41, 5.74) is 0.941. The number of nitrogens with one attached hydrogen (secondary N) is 2. The van der Waals surface area contributed by atoms with E-state index < -0.39 is 0 Å². The van der Waals surface area contributed by atoms with Crippen molar-refractivity contribution in [1.29, 1.82) is 0 Å². The molecule has 0 aromatic carbocycles. The average molecular weight is 253 g/mol.